The van der Waals surface area contributed by atoms with E-state index in [1.807, 2.05) is 26.0 Å². The number of para-hydroxylation sites is 2. The molecule has 0 saturated heterocycles. The Morgan fingerprint density at radius 1 is 1.11 bits per heavy atom. The fourth-order valence-electron chi connectivity index (χ4n) is 2.43. The maximum Gasteiger partial charge on any atom is 0.258 e. The van der Waals surface area contributed by atoms with Crippen LogP contribution < -0.4 is 15.4 Å². The minimum absolute atomic E-state index is 0.00807. The maximum absolute atomic E-state index is 12.5. The first-order valence-electron chi connectivity index (χ1n) is 8.71. The highest BCUT2D eigenvalue weighted by Gasteiger charge is 2.12. The molecule has 28 heavy (non-hydrogen) atoms. The lowest BCUT2D eigenvalue weighted by Gasteiger charge is -2.14. The molecular weight excluding hydrogens is 354 g/mol. The number of nitrogens with zero attached hydrogens (tertiary/aromatic N) is 3. The van der Waals surface area contributed by atoms with E-state index in [0.717, 1.165) is 0 Å². The maximum atomic E-state index is 12.5. The first-order valence-corrected chi connectivity index (χ1v) is 8.71. The lowest BCUT2D eigenvalue weighted by atomic mass is 10.2. The monoisotopic (exact) mass is 373 g/mol. The molecule has 3 rings (SSSR count). The van der Waals surface area contributed by atoms with Gasteiger partial charge >= 0.3 is 0 Å². The zero-order valence-electron chi connectivity index (χ0n) is 15.5. The van der Waals surface area contributed by atoms with Crippen molar-refractivity contribution >= 4 is 23.2 Å². The molecule has 2 aromatic carbocycles. The molecule has 0 aliphatic heterocycles. The van der Waals surface area contributed by atoms with Crippen LogP contribution in [0.2, 0.25) is 0 Å². The summed E-state index contributed by atoms with van der Waals surface area (Å²) in [5, 5.41) is 14.8. The van der Waals surface area contributed by atoms with E-state index in [-0.39, 0.29) is 12.0 Å². The number of nitrogens with one attached hydrogen (secondary N) is 2. The van der Waals surface area contributed by atoms with E-state index in [9.17, 15) is 4.79 Å². The van der Waals surface area contributed by atoms with E-state index >= 15 is 0 Å². The number of carbonyl (C=O) groups excluding carboxylic acids is 1. The van der Waals surface area contributed by atoms with Gasteiger partial charge in [-0.3, -0.25) is 4.79 Å². The summed E-state index contributed by atoms with van der Waals surface area (Å²) >= 11 is 0. The van der Waals surface area contributed by atoms with Crippen molar-refractivity contribution in [2.75, 3.05) is 10.6 Å². The Bertz CT molecular complexity index is 1010. The molecule has 7 heteroatoms. The van der Waals surface area contributed by atoms with Gasteiger partial charge in [0.05, 0.1) is 29.0 Å². The van der Waals surface area contributed by atoms with Crippen molar-refractivity contribution in [3.63, 3.8) is 0 Å². The molecule has 0 saturated carbocycles. The highest BCUT2D eigenvalue weighted by Crippen LogP contribution is 2.25. The predicted molar refractivity (Wildman–Crippen MR) is 107 cm³/mol. The number of benzene rings is 2. The van der Waals surface area contributed by atoms with Crippen LogP contribution >= 0.6 is 0 Å². The van der Waals surface area contributed by atoms with Crippen molar-refractivity contribution in [1.29, 1.82) is 5.26 Å². The molecule has 0 radical (unpaired) electrons. The molecule has 0 aliphatic rings. The lowest BCUT2D eigenvalue weighted by Crippen LogP contribution is -2.15. The van der Waals surface area contributed by atoms with Crippen molar-refractivity contribution in [2.24, 2.45) is 0 Å². The summed E-state index contributed by atoms with van der Waals surface area (Å²) in [6.45, 7) is 3.84. The second kappa shape index (κ2) is 8.64. The molecule has 0 unspecified atom stereocenters. The number of nitriles is 1. The molecule has 0 spiro atoms. The molecule has 1 amide bonds. The SMILES string of the molecule is CC(C)Oc1ccccc1NC(=O)c1cnc(Nc2cccc(C#N)c2)nc1. The molecule has 0 aliphatic carbocycles. The van der Waals surface area contributed by atoms with Crippen LogP contribution in [-0.4, -0.2) is 22.0 Å². The summed E-state index contributed by atoms with van der Waals surface area (Å²) < 4.78 is 5.71. The summed E-state index contributed by atoms with van der Waals surface area (Å²) in [4.78, 5) is 20.8. The average molecular weight is 373 g/mol. The Hall–Kier alpha value is -3.92. The van der Waals surface area contributed by atoms with E-state index in [1.165, 1.54) is 12.4 Å². The highest BCUT2D eigenvalue weighted by atomic mass is 16.5. The number of carbonyl (C=O) groups is 1. The molecule has 2 N–H and O–H groups in total. The predicted octanol–water partition coefficient (Wildman–Crippen LogP) is 4.13. The summed E-state index contributed by atoms with van der Waals surface area (Å²) in [5.41, 5.74) is 2.12. The number of aromatic nitrogens is 2. The normalized spacial score (nSPS) is 10.2. The molecule has 7 nitrogen and oxygen atoms in total. The fourth-order valence-corrected chi connectivity index (χ4v) is 2.43. The van der Waals surface area contributed by atoms with Gasteiger partial charge in [-0.05, 0) is 44.2 Å². The van der Waals surface area contributed by atoms with Gasteiger partial charge in [-0.1, -0.05) is 18.2 Å². The number of rotatable bonds is 6. The van der Waals surface area contributed by atoms with Gasteiger partial charge in [-0.2, -0.15) is 5.26 Å². The van der Waals surface area contributed by atoms with Crippen LogP contribution in [0.25, 0.3) is 0 Å². The first kappa shape index (κ1) is 18.9. The molecular formula is C21H19N5O2. The minimum Gasteiger partial charge on any atom is -0.489 e. The second-order valence-electron chi connectivity index (χ2n) is 6.23. The summed E-state index contributed by atoms with van der Waals surface area (Å²) in [5.74, 6) is 0.593. The number of anilines is 3. The lowest BCUT2D eigenvalue weighted by molar-refractivity contribution is 0.102. The quantitative estimate of drug-likeness (QED) is 0.674. The smallest absolute Gasteiger partial charge is 0.258 e. The van der Waals surface area contributed by atoms with Crippen molar-refractivity contribution in [3.8, 4) is 11.8 Å². The Morgan fingerprint density at radius 2 is 1.86 bits per heavy atom. The van der Waals surface area contributed by atoms with Crippen LogP contribution in [-0.2, 0) is 0 Å². The Kier molecular flexibility index (Phi) is 5.82. The molecule has 0 atom stereocenters. The number of hydrogen-bond acceptors (Lipinski definition) is 6. The van der Waals surface area contributed by atoms with Crippen LogP contribution in [0.1, 0.15) is 29.8 Å². The van der Waals surface area contributed by atoms with Crippen LogP contribution in [0.3, 0.4) is 0 Å². The third-order valence-corrected chi connectivity index (χ3v) is 3.66. The van der Waals surface area contributed by atoms with E-state index < -0.39 is 0 Å². The standard InChI is InChI=1S/C21H19N5O2/c1-14(2)28-19-9-4-3-8-18(19)26-20(27)16-12-23-21(24-13-16)25-17-7-5-6-15(10-17)11-22/h3-10,12-14H,1-2H3,(H,26,27)(H,23,24,25). The van der Waals surface area contributed by atoms with Gasteiger partial charge in [-0.25, -0.2) is 9.97 Å². The minimum atomic E-state index is -0.335. The van der Waals surface area contributed by atoms with E-state index in [1.54, 1.807) is 36.4 Å². The second-order valence-corrected chi connectivity index (χ2v) is 6.23. The number of ether oxygens (including phenoxy) is 1. The van der Waals surface area contributed by atoms with Gasteiger partial charge in [0.2, 0.25) is 5.95 Å². The molecule has 1 heterocycles. The fraction of sp³-hybridized carbons (Fsp3) is 0.143. The summed E-state index contributed by atoms with van der Waals surface area (Å²) in [6.07, 6.45) is 2.86. The Morgan fingerprint density at radius 3 is 2.57 bits per heavy atom. The van der Waals surface area contributed by atoms with E-state index in [2.05, 4.69) is 26.7 Å². The largest absolute Gasteiger partial charge is 0.489 e. The van der Waals surface area contributed by atoms with Crippen LogP contribution in [0.5, 0.6) is 5.75 Å². The van der Waals surface area contributed by atoms with E-state index in [0.29, 0.717) is 34.2 Å². The van der Waals surface area contributed by atoms with Crippen LogP contribution in [0, 0.1) is 11.3 Å². The molecule has 0 bridgehead atoms. The van der Waals surface area contributed by atoms with Crippen molar-refractivity contribution in [2.45, 2.75) is 20.0 Å². The molecule has 3 aromatic rings. The summed E-state index contributed by atoms with van der Waals surface area (Å²) in [7, 11) is 0. The molecule has 1 aromatic heterocycles. The van der Waals surface area contributed by atoms with Crippen molar-refractivity contribution < 1.29 is 9.53 Å². The van der Waals surface area contributed by atoms with Crippen molar-refractivity contribution in [1.82, 2.24) is 9.97 Å². The van der Waals surface area contributed by atoms with E-state index in [4.69, 9.17) is 10.00 Å². The Balaban J connectivity index is 1.70. The molecule has 0 fully saturated rings. The van der Waals surface area contributed by atoms with Crippen LogP contribution in [0.15, 0.2) is 60.9 Å². The highest BCUT2D eigenvalue weighted by molar-refractivity contribution is 6.04. The van der Waals surface area contributed by atoms with Crippen LogP contribution in [0.4, 0.5) is 17.3 Å². The van der Waals surface area contributed by atoms with Gasteiger partial charge in [0.25, 0.3) is 5.91 Å². The third-order valence-electron chi connectivity index (χ3n) is 3.66. The third kappa shape index (κ3) is 4.83. The topological polar surface area (TPSA) is 99.9 Å². The van der Waals surface area contributed by atoms with Gasteiger partial charge in [-0.15, -0.1) is 0 Å². The zero-order chi connectivity index (χ0) is 19.9. The Labute approximate surface area is 163 Å². The van der Waals surface area contributed by atoms with Gasteiger partial charge in [0.15, 0.2) is 0 Å². The van der Waals surface area contributed by atoms with Gasteiger partial charge < -0.3 is 15.4 Å². The summed E-state index contributed by atoms with van der Waals surface area (Å²) in [6, 6.07) is 16.3. The number of amides is 1. The zero-order valence-corrected chi connectivity index (χ0v) is 15.5. The average Bonchev–Trinajstić information content (AvgIpc) is 2.70. The molecule has 140 valence electrons. The van der Waals surface area contributed by atoms with Gasteiger partial charge in [0, 0.05) is 18.1 Å². The van der Waals surface area contributed by atoms with Gasteiger partial charge in [0.1, 0.15) is 5.75 Å². The van der Waals surface area contributed by atoms with Crippen molar-refractivity contribution in [3.05, 3.63) is 72.1 Å². The number of hydrogen-bond donors (Lipinski definition) is 2. The first-order chi connectivity index (χ1) is 13.5.